The molecule has 0 bridgehead atoms. The van der Waals surface area contributed by atoms with E-state index in [1.165, 1.54) is 35.4 Å². The Balaban J connectivity index is 2.00. The molecule has 0 aromatic heterocycles. The number of hydrogen-bond acceptors (Lipinski definition) is 6. The Morgan fingerprint density at radius 2 is 2.00 bits per heavy atom. The number of amides is 2. The van der Waals surface area contributed by atoms with Gasteiger partial charge in [-0.05, 0) is 37.7 Å². The molecule has 2 rings (SSSR count). The van der Waals surface area contributed by atoms with E-state index in [4.69, 9.17) is 11.1 Å². The van der Waals surface area contributed by atoms with E-state index in [0.717, 1.165) is 0 Å². The van der Waals surface area contributed by atoms with Crippen LogP contribution in [0, 0.1) is 11.2 Å². The Labute approximate surface area is 177 Å². The minimum absolute atomic E-state index is 0.127. The quantitative estimate of drug-likeness (QED) is 0.234. The van der Waals surface area contributed by atoms with Crippen molar-refractivity contribution in [3.05, 3.63) is 41.9 Å². The summed E-state index contributed by atoms with van der Waals surface area (Å²) in [5, 5.41) is 16.8. The molecule has 1 heterocycles. The van der Waals surface area contributed by atoms with Crippen LogP contribution in [-0.2, 0) is 9.53 Å². The van der Waals surface area contributed by atoms with Crippen LogP contribution in [-0.4, -0.2) is 68.0 Å². The summed E-state index contributed by atoms with van der Waals surface area (Å²) in [7, 11) is 1.67. The predicted molar refractivity (Wildman–Crippen MR) is 108 cm³/mol. The zero-order valence-electron chi connectivity index (χ0n) is 16.8. The molecular formula is C19H25F3N6O3. The third-order valence-electron chi connectivity index (χ3n) is 4.66. The number of nitrogens with zero attached hydrogens (tertiary/aromatic N) is 1. The normalized spacial score (nSPS) is 19.1. The van der Waals surface area contributed by atoms with Gasteiger partial charge in [0.05, 0.1) is 5.57 Å². The van der Waals surface area contributed by atoms with Crippen molar-refractivity contribution in [2.24, 2.45) is 5.73 Å². The summed E-state index contributed by atoms with van der Waals surface area (Å²) in [4.78, 5) is 25.0. The van der Waals surface area contributed by atoms with E-state index in [9.17, 15) is 22.8 Å². The number of likely N-dealkylation sites (tertiary alicyclic amines) is 1. The summed E-state index contributed by atoms with van der Waals surface area (Å²) >= 11 is 0. The van der Waals surface area contributed by atoms with Gasteiger partial charge in [0.2, 0.25) is 0 Å². The van der Waals surface area contributed by atoms with Crippen molar-refractivity contribution in [3.63, 3.8) is 0 Å². The van der Waals surface area contributed by atoms with E-state index in [1.807, 2.05) is 0 Å². The second kappa shape index (κ2) is 11.2. The van der Waals surface area contributed by atoms with Gasteiger partial charge < -0.3 is 31.3 Å². The number of nitrogens with two attached hydrogens (primary N) is 1. The van der Waals surface area contributed by atoms with Crippen molar-refractivity contribution in [3.8, 4) is 0 Å². The highest BCUT2D eigenvalue weighted by Gasteiger charge is 2.31. The molecule has 2 amide bonds. The third kappa shape index (κ3) is 7.17. The molecular weight excluding hydrogens is 417 g/mol. The van der Waals surface area contributed by atoms with Crippen LogP contribution in [0.25, 0.3) is 0 Å². The van der Waals surface area contributed by atoms with E-state index >= 15 is 0 Å². The molecule has 0 saturated carbocycles. The van der Waals surface area contributed by atoms with Gasteiger partial charge in [-0.15, -0.1) is 0 Å². The highest BCUT2D eigenvalue weighted by molar-refractivity contribution is 6.23. The zero-order chi connectivity index (χ0) is 23.0. The van der Waals surface area contributed by atoms with Gasteiger partial charge in [0.15, 0.2) is 6.61 Å². The first-order chi connectivity index (χ1) is 14.7. The highest BCUT2D eigenvalue weighted by atomic mass is 19.3. The number of ether oxygens (including phenoxy) is 1. The molecule has 6 N–H and O–H groups in total. The molecule has 1 aromatic rings. The van der Waals surface area contributed by atoms with Crippen LogP contribution >= 0.6 is 0 Å². The van der Waals surface area contributed by atoms with Gasteiger partial charge in [-0.25, -0.2) is 18.0 Å². The number of alkyl halides is 2. The fourth-order valence-electron chi connectivity index (χ4n) is 3.04. The highest BCUT2D eigenvalue weighted by Crippen LogP contribution is 2.14. The first-order valence-electron chi connectivity index (χ1n) is 9.46. The lowest BCUT2D eigenvalue weighted by molar-refractivity contribution is -0.114. The first-order valence-corrected chi connectivity index (χ1v) is 9.46. The Kier molecular flexibility index (Phi) is 8.67. The lowest BCUT2D eigenvalue weighted by Gasteiger charge is -2.38. The molecule has 1 aliphatic rings. The Hall–Kier alpha value is -3.28. The van der Waals surface area contributed by atoms with Crippen molar-refractivity contribution in [1.29, 1.82) is 5.41 Å². The van der Waals surface area contributed by atoms with Crippen molar-refractivity contribution in [2.75, 3.05) is 32.1 Å². The lowest BCUT2D eigenvalue weighted by atomic mass is 9.99. The van der Waals surface area contributed by atoms with Crippen molar-refractivity contribution in [2.45, 2.75) is 24.9 Å². The molecule has 1 aromatic carbocycles. The lowest BCUT2D eigenvalue weighted by Crippen LogP contribution is -2.58. The van der Waals surface area contributed by atoms with Gasteiger partial charge in [-0.1, -0.05) is 0 Å². The first kappa shape index (κ1) is 24.0. The van der Waals surface area contributed by atoms with Crippen molar-refractivity contribution < 1.29 is 27.5 Å². The number of nitrogens with one attached hydrogen (secondary N) is 4. The number of rotatable bonds is 8. The van der Waals surface area contributed by atoms with Crippen LogP contribution in [0.1, 0.15) is 6.42 Å². The van der Waals surface area contributed by atoms with Gasteiger partial charge in [0.1, 0.15) is 11.7 Å². The zero-order valence-corrected chi connectivity index (χ0v) is 16.8. The van der Waals surface area contributed by atoms with Crippen LogP contribution in [0.2, 0.25) is 0 Å². The monoisotopic (exact) mass is 442 g/mol. The summed E-state index contributed by atoms with van der Waals surface area (Å²) in [6.45, 7) is -0.515. The number of benzene rings is 1. The third-order valence-corrected chi connectivity index (χ3v) is 4.66. The molecule has 0 spiro atoms. The maximum atomic E-state index is 13.0. The number of hydrogen-bond donors (Lipinski definition) is 5. The van der Waals surface area contributed by atoms with Crippen molar-refractivity contribution in [1.82, 2.24) is 15.5 Å². The van der Waals surface area contributed by atoms with Gasteiger partial charge >= 0.3 is 6.09 Å². The number of carbonyl (C=O) groups is 2. The molecule has 1 fully saturated rings. The van der Waals surface area contributed by atoms with E-state index in [1.54, 1.807) is 7.05 Å². The fraction of sp³-hybridized carbons (Fsp3) is 0.421. The van der Waals surface area contributed by atoms with E-state index in [-0.39, 0.29) is 36.6 Å². The number of anilines is 1. The van der Waals surface area contributed by atoms with Gasteiger partial charge in [0.25, 0.3) is 12.3 Å². The summed E-state index contributed by atoms with van der Waals surface area (Å²) < 4.78 is 42.0. The van der Waals surface area contributed by atoms with Gasteiger partial charge in [-0.3, -0.25) is 10.2 Å². The van der Waals surface area contributed by atoms with Gasteiger partial charge in [0, 0.05) is 37.1 Å². The average Bonchev–Trinajstić information content (AvgIpc) is 2.73. The minimum atomic E-state index is -2.74. The average molecular weight is 442 g/mol. The molecule has 9 nitrogen and oxygen atoms in total. The molecule has 1 unspecified atom stereocenters. The molecule has 1 saturated heterocycles. The van der Waals surface area contributed by atoms with Crippen molar-refractivity contribution >= 4 is 23.5 Å². The Morgan fingerprint density at radius 3 is 2.58 bits per heavy atom. The molecule has 0 aliphatic carbocycles. The molecule has 0 radical (unpaired) electrons. The van der Waals surface area contributed by atoms with Crippen LogP contribution in [0.4, 0.5) is 23.7 Å². The van der Waals surface area contributed by atoms with E-state index < -0.39 is 30.8 Å². The summed E-state index contributed by atoms with van der Waals surface area (Å²) in [5.74, 6) is -1.56. The summed E-state index contributed by atoms with van der Waals surface area (Å²) in [6.07, 6.45) is -1.82. The number of piperidine rings is 1. The second-order valence-corrected chi connectivity index (χ2v) is 6.80. The number of halogens is 3. The SMILES string of the molecule is CNC1CN(C(=O)OCC(F)F)CC[C@H]1N/C=C(\C(=N)Nc1ccc(F)cc1)C(N)=O. The summed E-state index contributed by atoms with van der Waals surface area (Å²) in [5.41, 5.74) is 5.66. The maximum Gasteiger partial charge on any atom is 0.410 e. The largest absolute Gasteiger partial charge is 0.443 e. The van der Waals surface area contributed by atoms with Crippen LogP contribution in [0.15, 0.2) is 36.0 Å². The number of primary amides is 1. The molecule has 2 atom stereocenters. The molecule has 31 heavy (non-hydrogen) atoms. The van der Waals surface area contributed by atoms with Gasteiger partial charge in [-0.2, -0.15) is 0 Å². The van der Waals surface area contributed by atoms with E-state index in [0.29, 0.717) is 12.1 Å². The molecule has 1 aliphatic heterocycles. The Morgan fingerprint density at radius 1 is 1.32 bits per heavy atom. The topological polar surface area (TPSA) is 133 Å². The minimum Gasteiger partial charge on any atom is -0.443 e. The number of carbonyl (C=O) groups excluding carboxylic acids is 2. The molecule has 12 heteroatoms. The number of amidine groups is 1. The fourth-order valence-corrected chi connectivity index (χ4v) is 3.04. The predicted octanol–water partition coefficient (Wildman–Crippen LogP) is 1.24. The second-order valence-electron chi connectivity index (χ2n) is 6.80. The summed E-state index contributed by atoms with van der Waals surface area (Å²) in [6, 6.07) is 4.72. The van der Waals surface area contributed by atoms with Crippen LogP contribution in [0.3, 0.4) is 0 Å². The van der Waals surface area contributed by atoms with Crippen LogP contribution in [0.5, 0.6) is 0 Å². The van der Waals surface area contributed by atoms with E-state index in [2.05, 4.69) is 20.7 Å². The maximum absolute atomic E-state index is 13.0. The molecule has 170 valence electrons. The van der Waals surface area contributed by atoms with Crippen LogP contribution < -0.4 is 21.7 Å². The smallest absolute Gasteiger partial charge is 0.410 e. The Bertz CT molecular complexity index is 819. The standard InChI is InChI=1S/C19H25F3N6O3/c1-25-15-9-28(19(30)31-10-16(21)22)7-6-14(15)26-8-13(18(24)29)17(23)27-12-4-2-11(20)3-5-12/h2-5,8,14-16,25-26H,6-7,9-10H2,1H3,(H2,23,27)(H2,24,29)/b13-8+/t14-,15?/m1/s1. The number of likely N-dealkylation sites (N-methyl/N-ethyl adjacent to an activating group) is 1.